The van der Waals surface area contributed by atoms with Crippen molar-refractivity contribution in [2.45, 2.75) is 13.8 Å². The highest BCUT2D eigenvalue weighted by Gasteiger charge is 2.04. The third kappa shape index (κ3) is 2.78. The van der Waals surface area contributed by atoms with Gasteiger partial charge in [0.25, 0.3) is 0 Å². The highest BCUT2D eigenvalue weighted by molar-refractivity contribution is 7.80. The molecule has 0 unspecified atom stereocenters. The Kier molecular flexibility index (Phi) is 3.35. The number of hydrogen-bond acceptors (Lipinski definition) is 5. The van der Waals surface area contributed by atoms with Crippen molar-refractivity contribution in [1.29, 1.82) is 0 Å². The predicted molar refractivity (Wildman–Crippen MR) is 75.0 cm³/mol. The van der Waals surface area contributed by atoms with E-state index in [9.17, 15) is 0 Å². The van der Waals surface area contributed by atoms with Gasteiger partial charge in [-0.05, 0) is 26.0 Å². The van der Waals surface area contributed by atoms with Crippen molar-refractivity contribution in [2.75, 3.05) is 5.32 Å². The highest BCUT2D eigenvalue weighted by Crippen LogP contribution is 2.23. The van der Waals surface area contributed by atoms with E-state index < -0.39 is 0 Å². The van der Waals surface area contributed by atoms with Crippen molar-refractivity contribution < 1.29 is 0 Å². The smallest absolute Gasteiger partial charge is 0.188 e. The average molecular weight is 264 g/mol. The van der Waals surface area contributed by atoms with Crippen molar-refractivity contribution in [3.8, 4) is 0 Å². The zero-order valence-corrected chi connectivity index (χ0v) is 11.2. The lowest BCUT2D eigenvalue weighted by Gasteiger charge is -2.02. The molecule has 0 radical (unpaired) electrons. The van der Waals surface area contributed by atoms with Crippen LogP contribution in [0.2, 0.25) is 0 Å². The zero-order valence-electron chi connectivity index (χ0n) is 9.52. The summed E-state index contributed by atoms with van der Waals surface area (Å²) >= 11 is 6.47. The molecule has 0 saturated heterocycles. The van der Waals surface area contributed by atoms with Crippen molar-refractivity contribution in [1.82, 2.24) is 9.97 Å². The number of nitrogens with one attached hydrogen (secondary N) is 1. The second kappa shape index (κ2) is 4.77. The normalized spacial score (nSPS) is 10.2. The molecule has 3 N–H and O–H groups in total. The van der Waals surface area contributed by atoms with Crippen molar-refractivity contribution in [3.63, 3.8) is 0 Å². The highest BCUT2D eigenvalue weighted by atomic mass is 32.1. The minimum atomic E-state index is 0.352. The summed E-state index contributed by atoms with van der Waals surface area (Å²) in [4.78, 5) is 10.2. The second-order valence-electron chi connectivity index (χ2n) is 3.58. The van der Waals surface area contributed by atoms with Gasteiger partial charge in [-0.25, -0.2) is 9.97 Å². The number of aromatic nitrogens is 2. The van der Waals surface area contributed by atoms with Gasteiger partial charge in [0.1, 0.15) is 10.8 Å². The number of nitrogens with zero attached hydrogens (tertiary/aromatic N) is 2. The van der Waals surface area contributed by atoms with Gasteiger partial charge in [-0.2, -0.15) is 0 Å². The van der Waals surface area contributed by atoms with Crippen LogP contribution < -0.4 is 11.1 Å². The fourth-order valence-electron chi connectivity index (χ4n) is 1.25. The number of nitrogens with two attached hydrogens (primary N) is 1. The monoisotopic (exact) mass is 264 g/mol. The summed E-state index contributed by atoms with van der Waals surface area (Å²) < 4.78 is 0. The molecule has 0 bridgehead atoms. The summed E-state index contributed by atoms with van der Waals surface area (Å²) in [7, 11) is 0. The fraction of sp³-hybridized carbons (Fsp3) is 0.182. The zero-order chi connectivity index (χ0) is 12.4. The molecule has 0 atom stereocenters. The summed E-state index contributed by atoms with van der Waals surface area (Å²) in [5.41, 5.74) is 7.30. The first kappa shape index (κ1) is 11.9. The van der Waals surface area contributed by atoms with Gasteiger partial charge in [0.05, 0.1) is 5.69 Å². The molecule has 17 heavy (non-hydrogen) atoms. The molecule has 2 rings (SSSR count). The standard InChI is InChI=1S/C11H12N4S2/c1-6-7(2)17-11(14-6)15-9-4-3-8(5-13-9)10(12)16/h3-5H,1-2H3,(H2,12,16)(H,13,14,15). The van der Waals surface area contributed by atoms with Crippen molar-refractivity contribution >= 4 is 39.5 Å². The Morgan fingerprint density at radius 3 is 2.65 bits per heavy atom. The van der Waals surface area contributed by atoms with Gasteiger partial charge in [0.15, 0.2) is 5.13 Å². The molecule has 88 valence electrons. The number of aryl methyl sites for hydroxylation is 2. The summed E-state index contributed by atoms with van der Waals surface area (Å²) in [5.74, 6) is 0.735. The first-order chi connectivity index (χ1) is 8.06. The lowest BCUT2D eigenvalue weighted by Crippen LogP contribution is -2.09. The Balaban J connectivity index is 2.16. The number of thiazole rings is 1. The van der Waals surface area contributed by atoms with Crippen LogP contribution in [-0.4, -0.2) is 15.0 Å². The third-order valence-electron chi connectivity index (χ3n) is 2.31. The minimum absolute atomic E-state index is 0.352. The number of hydrogen-bond donors (Lipinski definition) is 2. The van der Waals surface area contributed by atoms with E-state index in [0.717, 1.165) is 22.2 Å². The van der Waals surface area contributed by atoms with E-state index in [-0.39, 0.29) is 0 Å². The molecular formula is C11H12N4S2. The molecule has 2 aromatic heterocycles. The Morgan fingerprint density at radius 2 is 2.18 bits per heavy atom. The van der Waals surface area contributed by atoms with Crippen LogP contribution in [0.3, 0.4) is 0 Å². The molecule has 0 fully saturated rings. The molecule has 0 amide bonds. The van der Waals surface area contributed by atoms with Gasteiger partial charge >= 0.3 is 0 Å². The van der Waals surface area contributed by atoms with E-state index in [4.69, 9.17) is 18.0 Å². The first-order valence-corrected chi connectivity index (χ1v) is 6.25. The van der Waals surface area contributed by atoms with Crippen LogP contribution in [0.4, 0.5) is 10.9 Å². The van der Waals surface area contributed by atoms with Crippen LogP contribution in [0.15, 0.2) is 18.3 Å². The first-order valence-electron chi connectivity index (χ1n) is 5.03. The SMILES string of the molecule is Cc1nc(Nc2ccc(C(N)=S)cn2)sc1C. The number of rotatable bonds is 3. The van der Waals surface area contributed by atoms with Gasteiger partial charge < -0.3 is 11.1 Å². The third-order valence-corrected chi connectivity index (χ3v) is 3.54. The molecule has 6 heteroatoms. The fourth-order valence-corrected chi connectivity index (χ4v) is 2.19. The van der Waals surface area contributed by atoms with E-state index in [1.54, 1.807) is 17.5 Å². The lowest BCUT2D eigenvalue weighted by atomic mass is 10.3. The molecule has 0 spiro atoms. The molecule has 0 aliphatic carbocycles. The maximum atomic E-state index is 5.50. The van der Waals surface area contributed by atoms with Crippen molar-refractivity contribution in [2.24, 2.45) is 5.73 Å². The Hall–Kier alpha value is -1.53. The van der Waals surface area contributed by atoms with E-state index in [2.05, 4.69) is 15.3 Å². The van der Waals surface area contributed by atoms with Crippen LogP contribution in [0, 0.1) is 13.8 Å². The van der Waals surface area contributed by atoms with Gasteiger partial charge in [0.2, 0.25) is 0 Å². The van der Waals surface area contributed by atoms with Crippen molar-refractivity contribution in [3.05, 3.63) is 34.5 Å². The molecule has 0 aliphatic heterocycles. The molecule has 4 nitrogen and oxygen atoms in total. The van der Waals surface area contributed by atoms with Gasteiger partial charge in [-0.15, -0.1) is 11.3 Å². The number of anilines is 2. The average Bonchev–Trinajstić information content (AvgIpc) is 2.58. The predicted octanol–water partition coefficient (Wildman–Crippen LogP) is 2.53. The molecule has 2 aromatic rings. The van der Waals surface area contributed by atoms with Gasteiger partial charge in [0, 0.05) is 16.6 Å². The van der Waals surface area contributed by atoms with Crippen LogP contribution in [0.5, 0.6) is 0 Å². The van der Waals surface area contributed by atoms with Crippen LogP contribution >= 0.6 is 23.6 Å². The van der Waals surface area contributed by atoms with E-state index >= 15 is 0 Å². The quantitative estimate of drug-likeness (QED) is 0.834. The topological polar surface area (TPSA) is 63.8 Å². The summed E-state index contributed by atoms with van der Waals surface area (Å²) in [6.07, 6.45) is 1.65. The Labute approximate surface area is 109 Å². The van der Waals surface area contributed by atoms with Gasteiger partial charge in [-0.1, -0.05) is 12.2 Å². The molecular weight excluding hydrogens is 252 g/mol. The van der Waals surface area contributed by atoms with Crippen LogP contribution in [0.25, 0.3) is 0 Å². The van der Waals surface area contributed by atoms with Crippen LogP contribution in [0.1, 0.15) is 16.1 Å². The Bertz CT molecular complexity index is 526. The number of thiocarbonyl (C=S) groups is 1. The second-order valence-corrected chi connectivity index (χ2v) is 5.23. The summed E-state index contributed by atoms with van der Waals surface area (Å²) in [5, 5.41) is 3.99. The minimum Gasteiger partial charge on any atom is -0.389 e. The molecule has 0 aliphatic rings. The maximum Gasteiger partial charge on any atom is 0.188 e. The van der Waals surface area contributed by atoms with Gasteiger partial charge in [-0.3, -0.25) is 0 Å². The molecule has 0 saturated carbocycles. The van der Waals surface area contributed by atoms with E-state index in [1.807, 2.05) is 26.0 Å². The van der Waals surface area contributed by atoms with E-state index in [1.165, 1.54) is 4.88 Å². The number of pyridine rings is 1. The summed E-state index contributed by atoms with van der Waals surface area (Å²) in [6.45, 7) is 4.03. The molecule has 2 heterocycles. The largest absolute Gasteiger partial charge is 0.389 e. The van der Waals surface area contributed by atoms with E-state index in [0.29, 0.717) is 4.99 Å². The maximum absolute atomic E-state index is 5.50. The Morgan fingerprint density at radius 1 is 1.41 bits per heavy atom. The lowest BCUT2D eigenvalue weighted by molar-refractivity contribution is 1.21. The summed E-state index contributed by atoms with van der Waals surface area (Å²) in [6, 6.07) is 3.67. The molecule has 0 aromatic carbocycles. The van der Waals surface area contributed by atoms with Crippen LogP contribution in [-0.2, 0) is 0 Å².